The molecule has 2 aliphatic rings. The lowest BCUT2D eigenvalue weighted by atomic mass is 9.84. The number of hydrogen-bond donors (Lipinski definition) is 2. The molecule has 3 aromatic carbocycles. The van der Waals surface area contributed by atoms with Crippen LogP contribution in [0.2, 0.25) is 0 Å². The van der Waals surface area contributed by atoms with Gasteiger partial charge in [0.05, 0.1) is 32.0 Å². The summed E-state index contributed by atoms with van der Waals surface area (Å²) in [4.78, 5) is 5.11. The molecular formula is C35H41NO6. The van der Waals surface area contributed by atoms with Crippen molar-refractivity contribution in [2.45, 2.75) is 70.7 Å². The number of aliphatic hydroxyl groups excluding tert-OH is 2. The van der Waals surface area contributed by atoms with Crippen LogP contribution in [-0.2, 0) is 22.5 Å². The molecule has 0 bridgehead atoms. The highest BCUT2D eigenvalue weighted by Gasteiger charge is 2.34. The van der Waals surface area contributed by atoms with Gasteiger partial charge < -0.3 is 29.2 Å². The number of aliphatic imine (C=N–C) groups is 1. The fraction of sp³-hybridized carbons (Fsp3) is 0.400. The first-order chi connectivity index (χ1) is 20.4. The van der Waals surface area contributed by atoms with E-state index < -0.39 is 18.5 Å². The molecule has 0 aromatic heterocycles. The van der Waals surface area contributed by atoms with Gasteiger partial charge in [0.15, 0.2) is 0 Å². The van der Waals surface area contributed by atoms with Gasteiger partial charge in [-0.05, 0) is 47.2 Å². The van der Waals surface area contributed by atoms with Crippen LogP contribution in [0.4, 0.5) is 0 Å². The molecular weight excluding hydrogens is 530 g/mol. The topological polar surface area (TPSA) is 89.7 Å². The largest absolute Gasteiger partial charge is 0.497 e. The number of aliphatic hydroxyl groups is 2. The van der Waals surface area contributed by atoms with Crippen molar-refractivity contribution in [3.8, 4) is 11.5 Å². The van der Waals surface area contributed by atoms with E-state index in [0.717, 1.165) is 45.8 Å². The smallest absolute Gasteiger partial charge is 0.215 e. The van der Waals surface area contributed by atoms with Gasteiger partial charge in [-0.1, -0.05) is 74.5 Å². The zero-order chi connectivity index (χ0) is 29.5. The number of nitrogens with zero attached hydrogens (tertiary/aromatic N) is 1. The molecule has 5 rings (SSSR count). The Hall–Kier alpha value is -3.65. The highest BCUT2D eigenvalue weighted by Crippen LogP contribution is 2.39. The van der Waals surface area contributed by atoms with Crippen molar-refractivity contribution < 1.29 is 29.2 Å². The average Bonchev–Trinajstić information content (AvgIpc) is 3.01. The van der Waals surface area contributed by atoms with Crippen molar-refractivity contribution in [2.24, 2.45) is 10.9 Å². The Morgan fingerprint density at radius 1 is 0.929 bits per heavy atom. The third-order valence-corrected chi connectivity index (χ3v) is 7.87. The summed E-state index contributed by atoms with van der Waals surface area (Å²) in [7, 11) is 1.66. The second-order valence-electron chi connectivity index (χ2n) is 11.3. The summed E-state index contributed by atoms with van der Waals surface area (Å²) in [5.74, 6) is 2.37. The van der Waals surface area contributed by atoms with Crippen LogP contribution in [-0.4, -0.2) is 54.4 Å². The van der Waals surface area contributed by atoms with Crippen LogP contribution in [0.1, 0.15) is 49.8 Å². The molecule has 2 aliphatic heterocycles. The zero-order valence-corrected chi connectivity index (χ0v) is 24.6. The lowest BCUT2D eigenvalue weighted by Crippen LogP contribution is -2.40. The Bertz CT molecular complexity index is 1370. The molecule has 7 nitrogen and oxygen atoms in total. The first kappa shape index (κ1) is 29.8. The number of dihydropyridines is 1. The van der Waals surface area contributed by atoms with Crippen LogP contribution >= 0.6 is 0 Å². The molecule has 0 radical (unpaired) electrons. The summed E-state index contributed by atoms with van der Waals surface area (Å²) < 4.78 is 24.3. The lowest BCUT2D eigenvalue weighted by molar-refractivity contribution is -0.190. The summed E-state index contributed by atoms with van der Waals surface area (Å²) in [6, 6.07) is 26.3. The molecule has 1 fully saturated rings. The Balaban J connectivity index is 1.55. The Morgan fingerprint density at radius 3 is 2.38 bits per heavy atom. The van der Waals surface area contributed by atoms with Gasteiger partial charge in [0.2, 0.25) is 12.2 Å². The molecule has 0 amide bonds. The van der Waals surface area contributed by atoms with E-state index in [9.17, 15) is 10.2 Å². The molecule has 0 spiro atoms. The van der Waals surface area contributed by atoms with Crippen molar-refractivity contribution in [1.29, 1.82) is 0 Å². The van der Waals surface area contributed by atoms with Crippen molar-refractivity contribution >= 4 is 11.5 Å². The van der Waals surface area contributed by atoms with Gasteiger partial charge >= 0.3 is 0 Å². The van der Waals surface area contributed by atoms with Crippen molar-refractivity contribution in [2.75, 3.05) is 13.7 Å². The predicted molar refractivity (Wildman–Crippen MR) is 164 cm³/mol. The van der Waals surface area contributed by atoms with Gasteiger partial charge in [-0.3, -0.25) is 0 Å². The summed E-state index contributed by atoms with van der Waals surface area (Å²) in [6.45, 7) is 4.61. The van der Waals surface area contributed by atoms with Crippen LogP contribution in [0, 0.1) is 5.92 Å². The van der Waals surface area contributed by atoms with E-state index in [4.69, 9.17) is 23.9 Å². The molecule has 1 saturated heterocycles. The standard InChI is InChI=1S/C35H41NO6/c1-23(2)32-20-30(29-11-7-8-12-33(29)40-22-25-9-5-4-6-10-25)31(17-24-13-15-27(39-3)16-14-24)35(36-32)42-34-19-26(38)18-28(21-37)41-34/h4-16,23,26,28,32,34,37-38H,17-22H2,1-3H3/t26-,28-,32?,34-/m0/s1. The van der Waals surface area contributed by atoms with Crippen LogP contribution < -0.4 is 9.47 Å². The van der Waals surface area contributed by atoms with Crippen molar-refractivity contribution in [3.05, 3.63) is 101 Å². The van der Waals surface area contributed by atoms with E-state index in [1.807, 2.05) is 48.5 Å². The van der Waals surface area contributed by atoms with E-state index in [2.05, 4.69) is 44.2 Å². The normalized spacial score (nSPS) is 22.6. The van der Waals surface area contributed by atoms with E-state index >= 15 is 0 Å². The van der Waals surface area contributed by atoms with Gasteiger partial charge in [0.1, 0.15) is 18.1 Å². The predicted octanol–water partition coefficient (Wildman–Crippen LogP) is 5.97. The third-order valence-electron chi connectivity index (χ3n) is 7.87. The zero-order valence-electron chi connectivity index (χ0n) is 24.6. The molecule has 4 atom stereocenters. The van der Waals surface area contributed by atoms with Crippen LogP contribution in [0.15, 0.2) is 89.4 Å². The number of methoxy groups -OCH3 is 1. The Kier molecular flexibility index (Phi) is 9.95. The Labute approximate surface area is 248 Å². The molecule has 7 heteroatoms. The third kappa shape index (κ3) is 7.40. The van der Waals surface area contributed by atoms with E-state index in [1.165, 1.54) is 0 Å². The first-order valence-corrected chi connectivity index (χ1v) is 14.7. The number of hydrogen-bond acceptors (Lipinski definition) is 7. The van der Waals surface area contributed by atoms with Crippen molar-refractivity contribution in [1.82, 2.24) is 0 Å². The average molecular weight is 572 g/mol. The minimum Gasteiger partial charge on any atom is -0.497 e. The molecule has 2 N–H and O–H groups in total. The highest BCUT2D eigenvalue weighted by molar-refractivity contribution is 6.03. The van der Waals surface area contributed by atoms with Crippen molar-refractivity contribution in [3.63, 3.8) is 0 Å². The van der Waals surface area contributed by atoms with Gasteiger partial charge in [0, 0.05) is 30.4 Å². The number of rotatable bonds is 10. The maximum absolute atomic E-state index is 10.5. The first-order valence-electron chi connectivity index (χ1n) is 14.7. The van der Waals surface area contributed by atoms with Crippen LogP contribution in [0.25, 0.3) is 5.57 Å². The fourth-order valence-electron chi connectivity index (χ4n) is 5.47. The summed E-state index contributed by atoms with van der Waals surface area (Å²) >= 11 is 0. The molecule has 222 valence electrons. The summed E-state index contributed by atoms with van der Waals surface area (Å²) in [5, 5.41) is 20.2. The van der Waals surface area contributed by atoms with Gasteiger partial charge in [-0.25, -0.2) is 4.99 Å². The maximum Gasteiger partial charge on any atom is 0.215 e. The number of para-hydroxylation sites is 1. The second-order valence-corrected chi connectivity index (χ2v) is 11.3. The quantitative estimate of drug-likeness (QED) is 0.312. The molecule has 2 heterocycles. The molecule has 1 unspecified atom stereocenters. The van der Waals surface area contributed by atoms with Gasteiger partial charge in [0.25, 0.3) is 0 Å². The van der Waals surface area contributed by atoms with Crippen LogP contribution in [0.3, 0.4) is 0 Å². The summed E-state index contributed by atoms with van der Waals surface area (Å²) in [6.07, 6.45) is 0.181. The fourth-order valence-corrected chi connectivity index (χ4v) is 5.47. The molecule has 3 aromatic rings. The lowest BCUT2D eigenvalue weighted by Gasteiger charge is -2.35. The number of benzene rings is 3. The van der Waals surface area contributed by atoms with Gasteiger partial charge in [-0.15, -0.1) is 0 Å². The van der Waals surface area contributed by atoms with E-state index in [1.54, 1.807) is 7.11 Å². The monoisotopic (exact) mass is 571 g/mol. The number of ether oxygens (including phenoxy) is 4. The summed E-state index contributed by atoms with van der Waals surface area (Å²) in [5.41, 5.74) is 5.27. The molecule has 42 heavy (non-hydrogen) atoms. The van der Waals surface area contributed by atoms with E-state index in [0.29, 0.717) is 31.8 Å². The van der Waals surface area contributed by atoms with Gasteiger partial charge in [-0.2, -0.15) is 0 Å². The Morgan fingerprint density at radius 2 is 1.67 bits per heavy atom. The minimum atomic E-state index is -0.716. The van der Waals surface area contributed by atoms with E-state index in [-0.39, 0.29) is 18.6 Å². The maximum atomic E-state index is 10.5. The van der Waals surface area contributed by atoms with Crippen LogP contribution in [0.5, 0.6) is 11.5 Å². The highest BCUT2D eigenvalue weighted by atomic mass is 16.7. The molecule has 0 aliphatic carbocycles. The SMILES string of the molecule is COc1ccc(CC2=C(c3ccccc3OCc3ccccc3)CC(C(C)C)N=C2O[C@H]2C[C@@H](O)C[C@@H](CO)O2)cc1. The minimum absolute atomic E-state index is 0.0149. The molecule has 0 saturated carbocycles. The second kappa shape index (κ2) is 14.0.